The molecule has 0 aliphatic carbocycles. The molecule has 2 nitrogen and oxygen atoms in total. The van der Waals surface area contributed by atoms with E-state index in [2.05, 4.69) is 18.2 Å². The lowest BCUT2D eigenvalue weighted by Crippen LogP contribution is -2.18. The van der Waals surface area contributed by atoms with Crippen molar-refractivity contribution >= 4 is 10.8 Å². The summed E-state index contributed by atoms with van der Waals surface area (Å²) in [6.07, 6.45) is 0. The number of nitrogens with zero attached hydrogens (tertiary/aromatic N) is 1. The maximum absolute atomic E-state index is 8.91. The van der Waals surface area contributed by atoms with Crippen LogP contribution < -0.4 is 4.74 Å². The van der Waals surface area contributed by atoms with Gasteiger partial charge < -0.3 is 4.74 Å². The maximum Gasteiger partial charge on any atom is 0.120 e. The highest BCUT2D eigenvalue weighted by atomic mass is 16.5. The second-order valence-electron chi connectivity index (χ2n) is 4.79. The number of hydrogen-bond donors (Lipinski definition) is 0. The van der Waals surface area contributed by atoms with Gasteiger partial charge in [-0.15, -0.1) is 0 Å². The van der Waals surface area contributed by atoms with Crippen LogP contribution in [-0.2, 0) is 0 Å². The van der Waals surface area contributed by atoms with E-state index in [0.29, 0.717) is 6.61 Å². The molecular weight excluding hydrogens is 210 g/mol. The molecule has 0 aliphatic heterocycles. The van der Waals surface area contributed by atoms with Gasteiger partial charge in [-0.2, -0.15) is 5.26 Å². The summed E-state index contributed by atoms with van der Waals surface area (Å²) in [5.41, 5.74) is -0.453. The van der Waals surface area contributed by atoms with E-state index < -0.39 is 5.41 Å². The molecule has 17 heavy (non-hydrogen) atoms. The van der Waals surface area contributed by atoms with Gasteiger partial charge in [-0.3, -0.25) is 0 Å². The second-order valence-corrected chi connectivity index (χ2v) is 4.79. The third kappa shape index (κ3) is 2.76. The Balaban J connectivity index is 2.18. The zero-order chi connectivity index (χ0) is 12.3. The second kappa shape index (κ2) is 4.47. The van der Waals surface area contributed by atoms with Crippen molar-refractivity contribution in [1.82, 2.24) is 0 Å². The SMILES string of the molecule is CC(C)(C#N)COc1ccc2ccccc2c1. The van der Waals surface area contributed by atoms with Crippen molar-refractivity contribution in [1.29, 1.82) is 5.26 Å². The van der Waals surface area contributed by atoms with E-state index in [1.807, 2.05) is 44.2 Å². The first kappa shape index (κ1) is 11.5. The highest BCUT2D eigenvalue weighted by molar-refractivity contribution is 5.83. The number of nitriles is 1. The average molecular weight is 225 g/mol. The maximum atomic E-state index is 8.91. The van der Waals surface area contributed by atoms with Crippen LogP contribution in [0, 0.1) is 16.7 Å². The van der Waals surface area contributed by atoms with E-state index in [9.17, 15) is 0 Å². The summed E-state index contributed by atoms with van der Waals surface area (Å²) >= 11 is 0. The minimum Gasteiger partial charge on any atom is -0.492 e. The first-order valence-corrected chi connectivity index (χ1v) is 5.64. The molecule has 0 N–H and O–H groups in total. The van der Waals surface area contributed by atoms with Gasteiger partial charge in [0.1, 0.15) is 12.4 Å². The van der Waals surface area contributed by atoms with Crippen LogP contribution in [0.25, 0.3) is 10.8 Å². The van der Waals surface area contributed by atoms with Crippen molar-refractivity contribution in [3.63, 3.8) is 0 Å². The van der Waals surface area contributed by atoms with Gasteiger partial charge in [-0.25, -0.2) is 0 Å². The third-order valence-electron chi connectivity index (χ3n) is 2.62. The Labute approximate surface area is 101 Å². The molecule has 0 bridgehead atoms. The largest absolute Gasteiger partial charge is 0.492 e. The smallest absolute Gasteiger partial charge is 0.120 e. The minimum atomic E-state index is -0.453. The van der Waals surface area contributed by atoms with Gasteiger partial charge in [-0.1, -0.05) is 30.3 Å². The molecular formula is C15H15NO. The molecule has 2 aromatic rings. The Morgan fingerprint density at radius 1 is 1.12 bits per heavy atom. The number of rotatable bonds is 3. The summed E-state index contributed by atoms with van der Waals surface area (Å²) in [6.45, 7) is 4.14. The van der Waals surface area contributed by atoms with Crippen LogP contribution in [0.3, 0.4) is 0 Å². The Hall–Kier alpha value is -2.01. The van der Waals surface area contributed by atoms with Crippen molar-refractivity contribution < 1.29 is 4.74 Å². The lowest BCUT2D eigenvalue weighted by atomic mass is 9.98. The number of benzene rings is 2. The fraction of sp³-hybridized carbons (Fsp3) is 0.267. The molecule has 86 valence electrons. The van der Waals surface area contributed by atoms with Crippen molar-refractivity contribution in [2.45, 2.75) is 13.8 Å². The lowest BCUT2D eigenvalue weighted by Gasteiger charge is -2.16. The molecule has 0 amide bonds. The third-order valence-corrected chi connectivity index (χ3v) is 2.62. The number of ether oxygens (including phenoxy) is 1. The van der Waals surface area contributed by atoms with Gasteiger partial charge in [0.2, 0.25) is 0 Å². The first-order chi connectivity index (χ1) is 8.11. The van der Waals surface area contributed by atoms with E-state index in [1.54, 1.807) is 0 Å². The van der Waals surface area contributed by atoms with Gasteiger partial charge in [0.05, 0.1) is 11.5 Å². The van der Waals surface area contributed by atoms with E-state index in [4.69, 9.17) is 10.00 Å². The molecule has 0 heterocycles. The van der Waals surface area contributed by atoms with Crippen LogP contribution in [0.4, 0.5) is 0 Å². The van der Waals surface area contributed by atoms with E-state index >= 15 is 0 Å². The van der Waals surface area contributed by atoms with Crippen molar-refractivity contribution in [2.24, 2.45) is 5.41 Å². The first-order valence-electron chi connectivity index (χ1n) is 5.64. The molecule has 0 saturated carbocycles. The van der Waals surface area contributed by atoms with Crippen LogP contribution in [0.15, 0.2) is 42.5 Å². The average Bonchev–Trinajstić information content (AvgIpc) is 2.36. The molecule has 0 unspecified atom stereocenters. The Bertz CT molecular complexity index is 566. The molecule has 0 aliphatic rings. The van der Waals surface area contributed by atoms with Crippen molar-refractivity contribution in [3.8, 4) is 11.8 Å². The minimum absolute atomic E-state index is 0.405. The fourth-order valence-electron chi connectivity index (χ4n) is 1.55. The van der Waals surface area contributed by atoms with Crippen LogP contribution in [0.5, 0.6) is 5.75 Å². The normalized spacial score (nSPS) is 11.1. The van der Waals surface area contributed by atoms with Crippen molar-refractivity contribution in [2.75, 3.05) is 6.61 Å². The lowest BCUT2D eigenvalue weighted by molar-refractivity contribution is 0.227. The Morgan fingerprint density at radius 2 is 1.82 bits per heavy atom. The van der Waals surface area contributed by atoms with Gasteiger partial charge in [0.15, 0.2) is 0 Å². The summed E-state index contributed by atoms with van der Waals surface area (Å²) in [5, 5.41) is 11.3. The van der Waals surface area contributed by atoms with Crippen LogP contribution in [0.1, 0.15) is 13.8 Å². The summed E-state index contributed by atoms with van der Waals surface area (Å²) in [7, 11) is 0. The summed E-state index contributed by atoms with van der Waals surface area (Å²) in [5.74, 6) is 0.812. The van der Waals surface area contributed by atoms with E-state index in [-0.39, 0.29) is 0 Å². The number of hydrogen-bond acceptors (Lipinski definition) is 2. The zero-order valence-corrected chi connectivity index (χ0v) is 10.1. The zero-order valence-electron chi connectivity index (χ0n) is 10.1. The predicted molar refractivity (Wildman–Crippen MR) is 68.8 cm³/mol. The highest BCUT2D eigenvalue weighted by Gasteiger charge is 2.17. The molecule has 2 heteroatoms. The van der Waals surface area contributed by atoms with Crippen molar-refractivity contribution in [3.05, 3.63) is 42.5 Å². The van der Waals surface area contributed by atoms with Gasteiger partial charge in [-0.05, 0) is 36.8 Å². The van der Waals surface area contributed by atoms with Crippen LogP contribution in [0.2, 0.25) is 0 Å². The van der Waals surface area contributed by atoms with Gasteiger partial charge >= 0.3 is 0 Å². The quantitative estimate of drug-likeness (QED) is 0.796. The monoisotopic (exact) mass is 225 g/mol. The number of fused-ring (bicyclic) bond motifs is 1. The van der Waals surface area contributed by atoms with Gasteiger partial charge in [0.25, 0.3) is 0 Å². The molecule has 2 aromatic carbocycles. The topological polar surface area (TPSA) is 33.0 Å². The fourth-order valence-corrected chi connectivity index (χ4v) is 1.55. The van der Waals surface area contributed by atoms with Crippen LogP contribution >= 0.6 is 0 Å². The Kier molecular flexibility index (Phi) is 3.01. The van der Waals surface area contributed by atoms with Crippen LogP contribution in [-0.4, -0.2) is 6.61 Å². The van der Waals surface area contributed by atoms with E-state index in [1.165, 1.54) is 5.39 Å². The predicted octanol–water partition coefficient (Wildman–Crippen LogP) is 3.77. The Morgan fingerprint density at radius 3 is 2.53 bits per heavy atom. The summed E-state index contributed by atoms with van der Waals surface area (Å²) in [4.78, 5) is 0. The molecule has 0 spiro atoms. The molecule has 0 fully saturated rings. The molecule has 0 radical (unpaired) electrons. The summed E-state index contributed by atoms with van der Waals surface area (Å²) in [6, 6.07) is 16.3. The summed E-state index contributed by atoms with van der Waals surface area (Å²) < 4.78 is 5.65. The van der Waals surface area contributed by atoms with E-state index in [0.717, 1.165) is 11.1 Å². The van der Waals surface area contributed by atoms with Gasteiger partial charge in [0, 0.05) is 0 Å². The standard InChI is InChI=1S/C15H15NO/c1-15(2,10-16)11-17-14-8-7-12-5-3-4-6-13(12)9-14/h3-9H,11H2,1-2H3. The molecule has 2 rings (SSSR count). The molecule has 0 aromatic heterocycles. The highest BCUT2D eigenvalue weighted by Crippen LogP contribution is 2.22. The molecule has 0 saturated heterocycles. The molecule has 0 atom stereocenters.